The quantitative estimate of drug-likeness (QED) is 0.748. The Balaban J connectivity index is 2.09. The van der Waals surface area contributed by atoms with Crippen molar-refractivity contribution in [2.24, 2.45) is 5.92 Å². The van der Waals surface area contributed by atoms with E-state index in [-0.39, 0.29) is 12.6 Å². The first-order valence-corrected chi connectivity index (χ1v) is 8.37. The zero-order valence-corrected chi connectivity index (χ0v) is 11.9. The van der Waals surface area contributed by atoms with Gasteiger partial charge in [-0.25, -0.2) is 0 Å². The maximum absolute atomic E-state index is 12.6. The number of aliphatic hydroxyl groups is 1. The van der Waals surface area contributed by atoms with Gasteiger partial charge in [-0.1, -0.05) is 6.92 Å². The van der Waals surface area contributed by atoms with Gasteiger partial charge < -0.3 is 5.11 Å². The van der Waals surface area contributed by atoms with Crippen LogP contribution in [-0.4, -0.2) is 54.4 Å². The lowest BCUT2D eigenvalue weighted by Gasteiger charge is -2.30. The van der Waals surface area contributed by atoms with Crippen molar-refractivity contribution in [1.82, 2.24) is 8.61 Å². The second kappa shape index (κ2) is 5.86. The minimum Gasteiger partial charge on any atom is -0.395 e. The summed E-state index contributed by atoms with van der Waals surface area (Å²) in [5, 5.41) is 9.28. The van der Waals surface area contributed by atoms with Gasteiger partial charge in [0.05, 0.1) is 6.61 Å². The molecular weight excluding hydrogens is 252 g/mol. The molecule has 1 aliphatic heterocycles. The molecule has 2 aliphatic rings. The topological polar surface area (TPSA) is 60.9 Å². The van der Waals surface area contributed by atoms with Crippen LogP contribution in [-0.2, 0) is 10.2 Å². The van der Waals surface area contributed by atoms with E-state index in [0.29, 0.717) is 25.6 Å². The third-order valence-electron chi connectivity index (χ3n) is 3.79. The van der Waals surface area contributed by atoms with Gasteiger partial charge in [0.25, 0.3) is 10.2 Å². The molecule has 106 valence electrons. The lowest BCUT2D eigenvalue weighted by atomic mass is 10.2. The minimum absolute atomic E-state index is 0.0668. The van der Waals surface area contributed by atoms with Gasteiger partial charge in [0.1, 0.15) is 0 Å². The fraction of sp³-hybridized carbons (Fsp3) is 1.00. The highest BCUT2D eigenvalue weighted by molar-refractivity contribution is 7.86. The van der Waals surface area contributed by atoms with Crippen LogP contribution in [0.4, 0.5) is 0 Å². The van der Waals surface area contributed by atoms with E-state index in [1.807, 2.05) is 6.92 Å². The van der Waals surface area contributed by atoms with Crippen molar-refractivity contribution < 1.29 is 13.5 Å². The molecule has 0 radical (unpaired) electrons. The Kier molecular flexibility index (Phi) is 4.64. The van der Waals surface area contributed by atoms with E-state index in [2.05, 4.69) is 0 Å². The van der Waals surface area contributed by atoms with Crippen molar-refractivity contribution in [3.05, 3.63) is 0 Å². The molecule has 0 amide bonds. The number of nitrogens with zero attached hydrogens (tertiary/aromatic N) is 2. The van der Waals surface area contributed by atoms with Gasteiger partial charge in [-0.05, 0) is 38.0 Å². The number of hydrogen-bond acceptors (Lipinski definition) is 3. The fourth-order valence-corrected chi connectivity index (χ4v) is 4.60. The van der Waals surface area contributed by atoms with Crippen molar-refractivity contribution in [2.45, 2.75) is 45.1 Å². The summed E-state index contributed by atoms with van der Waals surface area (Å²) in [6.07, 6.45) is 4.77. The number of aliphatic hydroxyl groups excluding tert-OH is 1. The molecule has 0 spiro atoms. The molecule has 0 aromatic heterocycles. The fourth-order valence-electron chi connectivity index (χ4n) is 2.58. The molecule has 0 bridgehead atoms. The molecule has 5 nitrogen and oxygen atoms in total. The van der Waals surface area contributed by atoms with Gasteiger partial charge in [-0.15, -0.1) is 0 Å². The van der Waals surface area contributed by atoms with Crippen LogP contribution < -0.4 is 0 Å². The van der Waals surface area contributed by atoms with E-state index in [1.54, 1.807) is 4.31 Å². The average molecular weight is 276 g/mol. The molecule has 0 aromatic carbocycles. The van der Waals surface area contributed by atoms with E-state index in [4.69, 9.17) is 0 Å². The Bertz CT molecular complexity index is 368. The van der Waals surface area contributed by atoms with Crippen molar-refractivity contribution >= 4 is 10.2 Å². The summed E-state index contributed by atoms with van der Waals surface area (Å²) in [5.41, 5.74) is 0. The highest BCUT2D eigenvalue weighted by Gasteiger charge is 2.39. The Morgan fingerprint density at radius 3 is 2.61 bits per heavy atom. The van der Waals surface area contributed by atoms with Crippen molar-refractivity contribution in [1.29, 1.82) is 0 Å². The van der Waals surface area contributed by atoms with E-state index in [9.17, 15) is 13.5 Å². The first kappa shape index (κ1) is 14.2. The van der Waals surface area contributed by atoms with Crippen molar-refractivity contribution in [2.75, 3.05) is 26.2 Å². The largest absolute Gasteiger partial charge is 0.395 e. The van der Waals surface area contributed by atoms with Crippen LogP contribution in [0.15, 0.2) is 0 Å². The van der Waals surface area contributed by atoms with Gasteiger partial charge in [-0.2, -0.15) is 17.0 Å². The lowest BCUT2D eigenvalue weighted by molar-refractivity contribution is 0.205. The number of rotatable bonds is 7. The molecule has 1 N–H and O–H groups in total. The standard InChI is InChI=1S/C12H24N2O3S/c1-2-7-13(9-11-5-6-11)18(16,17)14-8-3-4-12(14)10-15/h11-12,15H,2-10H2,1H3/t12-/m1/s1. The molecule has 1 saturated carbocycles. The summed E-state index contributed by atoms with van der Waals surface area (Å²) in [4.78, 5) is 0. The van der Waals surface area contributed by atoms with Crippen LogP contribution in [0.25, 0.3) is 0 Å². The molecule has 1 atom stereocenters. The van der Waals surface area contributed by atoms with Gasteiger partial charge in [0.2, 0.25) is 0 Å². The van der Waals surface area contributed by atoms with Gasteiger partial charge >= 0.3 is 0 Å². The van der Waals surface area contributed by atoms with E-state index in [0.717, 1.165) is 32.1 Å². The first-order valence-electron chi connectivity index (χ1n) is 6.97. The molecule has 0 aromatic rings. The maximum atomic E-state index is 12.6. The molecule has 1 heterocycles. The van der Waals surface area contributed by atoms with Crippen LogP contribution in [0.1, 0.15) is 39.0 Å². The number of hydrogen-bond donors (Lipinski definition) is 1. The molecule has 0 unspecified atom stereocenters. The Labute approximate surface area is 110 Å². The summed E-state index contributed by atoms with van der Waals surface area (Å²) in [7, 11) is -3.37. The third kappa shape index (κ3) is 3.04. The van der Waals surface area contributed by atoms with Crippen molar-refractivity contribution in [3.63, 3.8) is 0 Å². The molecule has 1 saturated heterocycles. The highest BCUT2D eigenvalue weighted by Crippen LogP contribution is 2.32. The van der Waals surface area contributed by atoms with Crippen LogP contribution in [0.2, 0.25) is 0 Å². The lowest BCUT2D eigenvalue weighted by Crippen LogP contribution is -2.48. The average Bonchev–Trinajstić information content (AvgIpc) is 3.02. The zero-order chi connectivity index (χ0) is 13.2. The zero-order valence-electron chi connectivity index (χ0n) is 11.1. The van der Waals surface area contributed by atoms with Gasteiger partial charge in [0, 0.05) is 25.7 Å². The Morgan fingerprint density at radius 2 is 2.06 bits per heavy atom. The highest BCUT2D eigenvalue weighted by atomic mass is 32.2. The van der Waals surface area contributed by atoms with Crippen LogP contribution >= 0.6 is 0 Å². The summed E-state index contributed by atoms with van der Waals surface area (Å²) in [6.45, 7) is 3.74. The van der Waals surface area contributed by atoms with Crippen LogP contribution in [0.3, 0.4) is 0 Å². The van der Waals surface area contributed by atoms with Gasteiger partial charge in [0.15, 0.2) is 0 Å². The minimum atomic E-state index is -3.37. The summed E-state index contributed by atoms with van der Waals surface area (Å²) in [5.74, 6) is 0.557. The molecule has 6 heteroatoms. The van der Waals surface area contributed by atoms with E-state index in [1.165, 1.54) is 4.31 Å². The molecule has 2 fully saturated rings. The first-order chi connectivity index (χ1) is 8.59. The predicted octanol–water partition coefficient (Wildman–Crippen LogP) is 0.810. The smallest absolute Gasteiger partial charge is 0.282 e. The molecular formula is C12H24N2O3S. The van der Waals surface area contributed by atoms with E-state index >= 15 is 0 Å². The summed E-state index contributed by atoms with van der Waals surface area (Å²) >= 11 is 0. The maximum Gasteiger partial charge on any atom is 0.282 e. The van der Waals surface area contributed by atoms with Crippen LogP contribution in [0, 0.1) is 5.92 Å². The molecule has 18 heavy (non-hydrogen) atoms. The monoisotopic (exact) mass is 276 g/mol. The second-order valence-corrected chi connectivity index (χ2v) is 7.28. The van der Waals surface area contributed by atoms with E-state index < -0.39 is 10.2 Å². The molecule has 1 aliphatic carbocycles. The Morgan fingerprint density at radius 1 is 1.33 bits per heavy atom. The van der Waals surface area contributed by atoms with Gasteiger partial charge in [-0.3, -0.25) is 0 Å². The third-order valence-corrected chi connectivity index (χ3v) is 5.85. The normalized spacial score (nSPS) is 26.1. The summed E-state index contributed by atoms with van der Waals surface area (Å²) in [6, 6.07) is -0.214. The van der Waals surface area contributed by atoms with Crippen LogP contribution in [0.5, 0.6) is 0 Å². The summed E-state index contributed by atoms with van der Waals surface area (Å²) < 4.78 is 28.3. The SMILES string of the molecule is CCCN(CC1CC1)S(=O)(=O)N1CCC[C@@H]1CO. The van der Waals surface area contributed by atoms with Crippen molar-refractivity contribution in [3.8, 4) is 0 Å². The Hall–Kier alpha value is -0.170. The predicted molar refractivity (Wildman–Crippen MR) is 70.3 cm³/mol. The second-order valence-electron chi connectivity index (χ2n) is 5.40. The molecule has 2 rings (SSSR count).